The molecule has 10 valence electrons. The molecule has 4 heteroatoms. The fourth-order valence-electron chi connectivity index (χ4n) is 0. The topological polar surface area (TPSA) is 0 Å². The molecule has 0 aromatic rings. The van der Waals surface area contributed by atoms with Gasteiger partial charge in [0, 0.05) is 120 Å². The Morgan fingerprint density at radius 3 is 0.750 bits per heavy atom. The zero-order chi connectivity index (χ0) is 0. The van der Waals surface area contributed by atoms with Gasteiger partial charge in [0.2, 0.25) is 0 Å². The van der Waals surface area contributed by atoms with Crippen LogP contribution in [0, 0.1) is 0 Å². The third-order valence-electron chi connectivity index (χ3n) is 0. The van der Waals surface area contributed by atoms with Crippen LogP contribution in [-0.4, -0.2) is 98.5 Å². The van der Waals surface area contributed by atoms with E-state index in [1.165, 1.54) is 0 Å². The third kappa shape index (κ3) is 9.38. The van der Waals surface area contributed by atoms with E-state index in [1.54, 1.807) is 0 Å². The second kappa shape index (κ2) is 15.8. The van der Waals surface area contributed by atoms with Crippen molar-refractivity contribution in [3.63, 3.8) is 0 Å². The quantitative estimate of drug-likeness (QED) is 0.385. The smallest absolute Gasteiger partial charge is 0 e. The van der Waals surface area contributed by atoms with E-state index in [9.17, 15) is 0 Å². The van der Waals surface area contributed by atoms with Gasteiger partial charge in [0.25, 0.3) is 0 Å². The van der Waals surface area contributed by atoms with Crippen molar-refractivity contribution in [3.05, 3.63) is 0 Å². The molecule has 0 amide bonds. The summed E-state index contributed by atoms with van der Waals surface area (Å²) in [6.07, 6.45) is 0. The molecule has 0 aliphatic carbocycles. The minimum atomic E-state index is 0. The van der Waals surface area contributed by atoms with Crippen molar-refractivity contribution in [1.82, 2.24) is 0 Å². The molecule has 0 saturated heterocycles. The summed E-state index contributed by atoms with van der Waals surface area (Å²) in [5.41, 5.74) is 0. The molecule has 0 heterocycles. The summed E-state index contributed by atoms with van der Waals surface area (Å²) in [7, 11) is 0. The first-order valence-electron chi connectivity index (χ1n) is 0. The van der Waals surface area contributed by atoms with Crippen molar-refractivity contribution >= 4 is 98.5 Å². The first kappa shape index (κ1) is 24.5. The van der Waals surface area contributed by atoms with E-state index in [0.717, 1.165) is 0 Å². The Bertz CT molecular complexity index is 6.00. The normalized spacial score (nSPS) is 0. The first-order chi connectivity index (χ1) is 0. The third-order valence-corrected chi connectivity index (χ3v) is 0. The second-order valence-corrected chi connectivity index (χ2v) is 0. The fraction of sp³-hybridized carbons (Fsp3) is 0. The van der Waals surface area contributed by atoms with Crippen molar-refractivity contribution in [2.24, 2.45) is 0 Å². The fourth-order valence-corrected chi connectivity index (χ4v) is 0. The molecule has 0 nitrogen and oxygen atoms in total. The van der Waals surface area contributed by atoms with E-state index in [-0.39, 0.29) is 120 Å². The maximum absolute atomic E-state index is 0. The molecule has 0 rings (SSSR count). The van der Waals surface area contributed by atoms with E-state index in [1.807, 2.05) is 0 Å². The number of hydrogen-bond acceptors (Lipinski definition) is 0. The van der Waals surface area contributed by atoms with Crippen LogP contribution in [0.25, 0.3) is 0 Å². The molecule has 0 fully saturated rings. The maximum Gasteiger partial charge on any atom is 0 e. The van der Waals surface area contributed by atoms with Crippen LogP contribution in [0.4, 0.5) is 0 Å². The Kier molecular flexibility index (Phi) is 96.5. The van der Waals surface area contributed by atoms with Gasteiger partial charge in [0.05, 0.1) is 0 Å². The Morgan fingerprint density at radius 2 is 0.750 bits per heavy atom. The summed E-state index contributed by atoms with van der Waals surface area (Å²) in [6, 6.07) is 0. The molecule has 0 aliphatic heterocycles. The molecule has 0 unspecified atom stereocenters. The summed E-state index contributed by atoms with van der Waals surface area (Å²) >= 11 is 0. The average Bonchev–Trinajstić information content (AvgIpc) is 0. The van der Waals surface area contributed by atoms with Crippen molar-refractivity contribution in [3.8, 4) is 0 Å². The zero-order valence-corrected chi connectivity index (χ0v) is 10.0. The van der Waals surface area contributed by atoms with Gasteiger partial charge in [-0.25, -0.2) is 0 Å². The van der Waals surface area contributed by atoms with Crippen LogP contribution in [0.1, 0.15) is 0 Å². The molecule has 0 bridgehead atoms. The summed E-state index contributed by atoms with van der Waals surface area (Å²) < 4.78 is 0. The molecule has 0 atom stereocenters. The standard InChI is InChI=1S/2Ca.Mg.Ti. The van der Waals surface area contributed by atoms with Crippen molar-refractivity contribution < 1.29 is 21.7 Å². The number of rotatable bonds is 0. The molecule has 0 aromatic heterocycles. The predicted molar refractivity (Wildman–Crippen MR) is 17.3 cm³/mol. The van der Waals surface area contributed by atoms with Crippen LogP contribution in [0.3, 0.4) is 0 Å². The molecule has 0 N–H and O–H groups in total. The van der Waals surface area contributed by atoms with Gasteiger partial charge in [-0.1, -0.05) is 0 Å². The van der Waals surface area contributed by atoms with Crippen molar-refractivity contribution in [2.45, 2.75) is 0 Å². The minimum absolute atomic E-state index is 0. The molecular formula is Ca2MgTi. The van der Waals surface area contributed by atoms with Crippen molar-refractivity contribution in [1.29, 1.82) is 0 Å². The van der Waals surface area contributed by atoms with Crippen LogP contribution in [0.5, 0.6) is 0 Å². The molecular weight excluding hydrogens is 152 g/mol. The van der Waals surface area contributed by atoms with Crippen LogP contribution < -0.4 is 0 Å². The summed E-state index contributed by atoms with van der Waals surface area (Å²) in [6.45, 7) is 0. The van der Waals surface area contributed by atoms with E-state index in [2.05, 4.69) is 0 Å². The summed E-state index contributed by atoms with van der Waals surface area (Å²) in [4.78, 5) is 0. The molecule has 6 radical (unpaired) electrons. The van der Waals surface area contributed by atoms with Gasteiger partial charge in [-0.3, -0.25) is 0 Å². The maximum atomic E-state index is 0. The van der Waals surface area contributed by atoms with Crippen LogP contribution in [0.15, 0.2) is 0 Å². The van der Waals surface area contributed by atoms with E-state index >= 15 is 0 Å². The summed E-state index contributed by atoms with van der Waals surface area (Å²) in [5.74, 6) is 0. The van der Waals surface area contributed by atoms with Gasteiger partial charge < -0.3 is 0 Å². The molecule has 4 heavy (non-hydrogen) atoms. The first-order valence-corrected chi connectivity index (χ1v) is 0. The Labute approximate surface area is 117 Å². The van der Waals surface area contributed by atoms with Gasteiger partial charge in [-0.05, 0) is 0 Å². The SMILES string of the molecule is [Ca].[Ca].[Mg].[Ti]. The van der Waals surface area contributed by atoms with Crippen molar-refractivity contribution in [2.75, 3.05) is 0 Å². The molecule has 0 aliphatic rings. The van der Waals surface area contributed by atoms with Crippen LogP contribution in [0.2, 0.25) is 0 Å². The van der Waals surface area contributed by atoms with Gasteiger partial charge in [0.1, 0.15) is 0 Å². The molecule has 0 spiro atoms. The number of hydrogen-bond donors (Lipinski definition) is 0. The molecule has 0 aromatic carbocycles. The predicted octanol–water partition coefficient (Wildman–Crippen LogP) is -1.14. The van der Waals surface area contributed by atoms with Crippen LogP contribution >= 0.6 is 0 Å². The Morgan fingerprint density at radius 1 is 0.750 bits per heavy atom. The van der Waals surface area contributed by atoms with Gasteiger partial charge in [-0.2, -0.15) is 0 Å². The largest absolute Gasteiger partial charge is 0 e. The minimum Gasteiger partial charge on any atom is 0 e. The van der Waals surface area contributed by atoms with Crippen LogP contribution in [-0.2, 0) is 21.7 Å². The Hall–Kier alpha value is 4.00. The zero-order valence-electron chi connectivity index (χ0n) is 2.62. The van der Waals surface area contributed by atoms with E-state index in [4.69, 9.17) is 0 Å². The van der Waals surface area contributed by atoms with Gasteiger partial charge >= 0.3 is 0 Å². The summed E-state index contributed by atoms with van der Waals surface area (Å²) in [5, 5.41) is 0. The van der Waals surface area contributed by atoms with E-state index in [0.29, 0.717) is 0 Å². The monoisotopic (exact) mass is 152 g/mol. The van der Waals surface area contributed by atoms with Gasteiger partial charge in [-0.15, -0.1) is 0 Å². The molecule has 0 saturated carbocycles. The average molecular weight is 152 g/mol. The van der Waals surface area contributed by atoms with Gasteiger partial charge in [0.15, 0.2) is 0 Å². The Balaban J connectivity index is 0. The van der Waals surface area contributed by atoms with E-state index < -0.39 is 0 Å². The second-order valence-electron chi connectivity index (χ2n) is 0.